The van der Waals surface area contributed by atoms with Crippen LogP contribution in [-0.4, -0.2) is 24.4 Å². The van der Waals surface area contributed by atoms with E-state index in [0.29, 0.717) is 13.0 Å². The molecular weight excluding hydrogens is 374 g/mol. The van der Waals surface area contributed by atoms with Crippen molar-refractivity contribution in [3.8, 4) is 0 Å². The molecule has 3 aromatic carbocycles. The fourth-order valence-electron chi connectivity index (χ4n) is 3.49. The Morgan fingerprint density at radius 2 is 1.67 bits per heavy atom. The van der Waals surface area contributed by atoms with Crippen molar-refractivity contribution in [3.63, 3.8) is 0 Å². The normalized spacial score (nSPS) is 11.8. The maximum Gasteiger partial charge on any atom is 0.246 e. The van der Waals surface area contributed by atoms with Gasteiger partial charge in [0, 0.05) is 5.69 Å². The zero-order valence-electron chi connectivity index (χ0n) is 17.4. The molecule has 0 heterocycles. The highest BCUT2D eigenvalue weighted by Crippen LogP contribution is 2.19. The van der Waals surface area contributed by atoms with Crippen molar-refractivity contribution in [1.82, 2.24) is 5.32 Å². The van der Waals surface area contributed by atoms with E-state index in [0.717, 1.165) is 40.4 Å². The molecule has 3 rings (SSSR count). The summed E-state index contributed by atoms with van der Waals surface area (Å²) in [7, 11) is 0. The minimum Gasteiger partial charge on any atom is -0.344 e. The highest BCUT2D eigenvalue weighted by molar-refractivity contribution is 5.98. The molecule has 156 valence electrons. The molecule has 4 N–H and O–H groups in total. The number of rotatable bonds is 9. The lowest BCUT2D eigenvalue weighted by Gasteiger charge is -2.19. The maximum atomic E-state index is 12.8. The Hall–Kier alpha value is -3.18. The van der Waals surface area contributed by atoms with E-state index >= 15 is 0 Å². The second-order valence-corrected chi connectivity index (χ2v) is 7.57. The lowest BCUT2D eigenvalue weighted by Crippen LogP contribution is -2.44. The number of fused-ring (bicyclic) bond motifs is 1. The molecule has 0 aromatic heterocycles. The molecule has 0 fully saturated rings. The molecular formula is C25H29N3O2. The van der Waals surface area contributed by atoms with Gasteiger partial charge in [0.05, 0.1) is 6.42 Å². The summed E-state index contributed by atoms with van der Waals surface area (Å²) in [4.78, 5) is 25.6. The second-order valence-electron chi connectivity index (χ2n) is 7.57. The van der Waals surface area contributed by atoms with Gasteiger partial charge in [-0.15, -0.1) is 0 Å². The summed E-state index contributed by atoms with van der Waals surface area (Å²) in [6, 6.07) is 20.9. The number of anilines is 1. The third kappa shape index (κ3) is 5.91. The largest absolute Gasteiger partial charge is 0.344 e. The van der Waals surface area contributed by atoms with Crippen LogP contribution in [0, 0.1) is 6.92 Å². The van der Waals surface area contributed by atoms with Crippen molar-refractivity contribution >= 4 is 28.3 Å². The zero-order valence-corrected chi connectivity index (χ0v) is 17.4. The molecule has 0 saturated carbocycles. The molecule has 0 saturated heterocycles. The molecule has 0 spiro atoms. The summed E-state index contributed by atoms with van der Waals surface area (Å²) in [6.07, 6.45) is 2.37. The van der Waals surface area contributed by atoms with Gasteiger partial charge in [-0.25, -0.2) is 0 Å². The highest BCUT2D eigenvalue weighted by Gasteiger charge is 2.21. The Kier molecular flexibility index (Phi) is 7.57. The van der Waals surface area contributed by atoms with Crippen LogP contribution in [0.15, 0.2) is 66.7 Å². The van der Waals surface area contributed by atoms with Gasteiger partial charge in [-0.1, -0.05) is 60.2 Å². The van der Waals surface area contributed by atoms with Crippen LogP contribution >= 0.6 is 0 Å². The Balaban J connectivity index is 1.69. The number of hydrogen-bond acceptors (Lipinski definition) is 3. The van der Waals surface area contributed by atoms with Crippen molar-refractivity contribution in [1.29, 1.82) is 0 Å². The van der Waals surface area contributed by atoms with E-state index in [9.17, 15) is 9.59 Å². The second kappa shape index (κ2) is 10.6. The fraction of sp³-hybridized carbons (Fsp3) is 0.280. The van der Waals surface area contributed by atoms with Gasteiger partial charge in [-0.2, -0.15) is 0 Å². The van der Waals surface area contributed by atoms with E-state index < -0.39 is 6.04 Å². The predicted molar refractivity (Wildman–Crippen MR) is 122 cm³/mol. The van der Waals surface area contributed by atoms with Gasteiger partial charge in [0.15, 0.2) is 0 Å². The first-order chi connectivity index (χ1) is 14.6. The van der Waals surface area contributed by atoms with Crippen LogP contribution in [0.25, 0.3) is 10.8 Å². The minimum atomic E-state index is -0.597. The molecule has 0 unspecified atom stereocenters. The van der Waals surface area contributed by atoms with E-state index in [4.69, 9.17) is 5.73 Å². The van der Waals surface area contributed by atoms with Gasteiger partial charge in [-0.3, -0.25) is 9.59 Å². The van der Waals surface area contributed by atoms with Crippen LogP contribution in [0.4, 0.5) is 5.69 Å². The van der Waals surface area contributed by atoms with Crippen LogP contribution in [-0.2, 0) is 16.0 Å². The van der Waals surface area contributed by atoms with Gasteiger partial charge >= 0.3 is 0 Å². The highest BCUT2D eigenvalue weighted by atomic mass is 16.2. The standard InChI is InChI=1S/C25H29N3O2/c1-18-12-14-21(15-13-18)27-25(30)23(11-4-5-16-26)28-24(29)17-20-9-6-8-19-7-2-3-10-22(19)20/h2-3,6-10,12-15,23H,4-5,11,16-17,26H2,1H3,(H,27,30)(H,28,29)/t23-/m0/s1. The summed E-state index contributed by atoms with van der Waals surface area (Å²) >= 11 is 0. The van der Waals surface area contributed by atoms with Crippen LogP contribution in [0.1, 0.15) is 30.4 Å². The fourth-order valence-corrected chi connectivity index (χ4v) is 3.49. The monoisotopic (exact) mass is 403 g/mol. The summed E-state index contributed by atoms with van der Waals surface area (Å²) in [6.45, 7) is 2.56. The first-order valence-corrected chi connectivity index (χ1v) is 10.4. The summed E-state index contributed by atoms with van der Waals surface area (Å²) in [5.74, 6) is -0.370. The smallest absolute Gasteiger partial charge is 0.246 e. The van der Waals surface area contributed by atoms with Gasteiger partial charge in [0.2, 0.25) is 11.8 Å². The Morgan fingerprint density at radius 3 is 2.43 bits per heavy atom. The molecule has 0 aliphatic carbocycles. The third-order valence-corrected chi connectivity index (χ3v) is 5.15. The third-order valence-electron chi connectivity index (χ3n) is 5.15. The molecule has 0 bridgehead atoms. The van der Waals surface area contributed by atoms with E-state index in [-0.39, 0.29) is 18.2 Å². The lowest BCUT2D eigenvalue weighted by atomic mass is 10.0. The number of unbranched alkanes of at least 4 members (excludes halogenated alkanes) is 1. The average Bonchev–Trinajstić information content (AvgIpc) is 2.75. The number of aryl methyl sites for hydroxylation is 1. The van der Waals surface area contributed by atoms with Crippen LogP contribution in [0.2, 0.25) is 0 Å². The molecule has 2 amide bonds. The maximum absolute atomic E-state index is 12.8. The number of carbonyl (C=O) groups excluding carboxylic acids is 2. The van der Waals surface area contributed by atoms with E-state index in [1.54, 1.807) is 0 Å². The van der Waals surface area contributed by atoms with E-state index in [1.807, 2.05) is 73.7 Å². The molecule has 0 aliphatic heterocycles. The van der Waals surface area contributed by atoms with Crippen molar-refractivity contribution in [3.05, 3.63) is 77.9 Å². The van der Waals surface area contributed by atoms with Crippen LogP contribution in [0.5, 0.6) is 0 Å². The summed E-state index contributed by atoms with van der Waals surface area (Å²) < 4.78 is 0. The molecule has 30 heavy (non-hydrogen) atoms. The van der Waals surface area contributed by atoms with Crippen molar-refractivity contribution < 1.29 is 9.59 Å². The van der Waals surface area contributed by atoms with Crippen LogP contribution < -0.4 is 16.4 Å². The Bertz CT molecular complexity index is 993. The van der Waals surface area contributed by atoms with Gasteiger partial charge in [-0.05, 0) is 61.2 Å². The molecule has 3 aromatic rings. The van der Waals surface area contributed by atoms with Gasteiger partial charge < -0.3 is 16.4 Å². The number of nitrogens with one attached hydrogen (secondary N) is 2. The number of benzene rings is 3. The number of nitrogens with two attached hydrogens (primary N) is 1. The SMILES string of the molecule is Cc1ccc(NC(=O)[C@H](CCCCN)NC(=O)Cc2cccc3ccccc23)cc1. The minimum absolute atomic E-state index is 0.164. The molecule has 5 heteroatoms. The van der Waals surface area contributed by atoms with Crippen molar-refractivity contribution in [2.75, 3.05) is 11.9 Å². The first kappa shape index (κ1) is 21.5. The van der Waals surface area contributed by atoms with Crippen LogP contribution in [0.3, 0.4) is 0 Å². The van der Waals surface area contributed by atoms with Crippen molar-refractivity contribution in [2.24, 2.45) is 5.73 Å². The zero-order chi connectivity index (χ0) is 21.3. The lowest BCUT2D eigenvalue weighted by molar-refractivity contribution is -0.126. The number of hydrogen-bond donors (Lipinski definition) is 3. The molecule has 1 atom stereocenters. The topological polar surface area (TPSA) is 84.2 Å². The molecule has 5 nitrogen and oxygen atoms in total. The average molecular weight is 404 g/mol. The van der Waals surface area contributed by atoms with Crippen molar-refractivity contribution in [2.45, 2.75) is 38.6 Å². The van der Waals surface area contributed by atoms with Gasteiger partial charge in [0.1, 0.15) is 6.04 Å². The quantitative estimate of drug-likeness (QED) is 0.473. The molecule has 0 aliphatic rings. The predicted octanol–water partition coefficient (Wildman–Crippen LogP) is 3.94. The van der Waals surface area contributed by atoms with Gasteiger partial charge in [0.25, 0.3) is 0 Å². The number of carbonyl (C=O) groups is 2. The first-order valence-electron chi connectivity index (χ1n) is 10.4. The summed E-state index contributed by atoms with van der Waals surface area (Å²) in [5, 5.41) is 7.99. The summed E-state index contributed by atoms with van der Waals surface area (Å²) in [5.41, 5.74) is 8.39. The van der Waals surface area contributed by atoms with E-state index in [1.165, 1.54) is 0 Å². The van der Waals surface area contributed by atoms with E-state index in [2.05, 4.69) is 10.6 Å². The Morgan fingerprint density at radius 1 is 0.933 bits per heavy atom. The number of amides is 2. The molecule has 0 radical (unpaired) electrons. The Labute approximate surface area is 177 Å².